The second-order valence-corrected chi connectivity index (χ2v) is 9.68. The van der Waals surface area contributed by atoms with Crippen LogP contribution in [0.2, 0.25) is 0 Å². The van der Waals surface area contributed by atoms with Crippen LogP contribution in [0, 0.1) is 0 Å². The Morgan fingerprint density at radius 1 is 1.05 bits per heavy atom. The molecular weight excluding hydrogens is 486 g/mol. The summed E-state index contributed by atoms with van der Waals surface area (Å²) in [6.45, 7) is 1.89. The van der Waals surface area contributed by atoms with Gasteiger partial charge in [0.05, 0.1) is 6.04 Å². The summed E-state index contributed by atoms with van der Waals surface area (Å²) in [5, 5.41) is 15.8. The third-order valence-corrected chi connectivity index (χ3v) is 6.92. The molecule has 10 heteroatoms. The van der Waals surface area contributed by atoms with E-state index in [4.69, 9.17) is 5.73 Å². The molecule has 3 aromatic rings. The Labute approximate surface area is 220 Å². The highest BCUT2D eigenvalue weighted by Crippen LogP contribution is 2.20. The summed E-state index contributed by atoms with van der Waals surface area (Å²) in [7, 11) is 0. The lowest BCUT2D eigenvalue weighted by molar-refractivity contribution is -0.143. The number of aliphatic carboxylic acids is 1. The fraction of sp³-hybridized carbons (Fsp3) is 0.357. The maximum absolute atomic E-state index is 13.0. The van der Waals surface area contributed by atoms with Gasteiger partial charge in [0.25, 0.3) is 0 Å². The topological polar surface area (TPSA) is 158 Å². The molecule has 0 radical (unpaired) electrons. The number of likely N-dealkylation sites (tertiary alicyclic amines) is 1. The molecule has 1 aromatic heterocycles. The quantitative estimate of drug-likeness (QED) is 0.272. The maximum Gasteiger partial charge on any atom is 0.326 e. The van der Waals surface area contributed by atoms with Crippen molar-refractivity contribution < 1.29 is 24.3 Å². The fourth-order valence-corrected chi connectivity index (χ4v) is 4.86. The van der Waals surface area contributed by atoms with Crippen molar-refractivity contribution in [2.45, 2.75) is 56.8 Å². The number of carboxylic acid groups (broad SMARTS) is 1. The number of fused-ring (bicyclic) bond motifs is 1. The van der Waals surface area contributed by atoms with Crippen molar-refractivity contribution in [3.63, 3.8) is 0 Å². The lowest BCUT2D eigenvalue weighted by atomic mass is 10.0. The van der Waals surface area contributed by atoms with Gasteiger partial charge in [-0.05, 0) is 43.4 Å². The standard InChI is InChI=1S/C28H33N5O5/c1-17(25(34)32-23(28(37)38)15-19-16-30-22-11-6-5-10-20(19)22)31-26(35)24-12-7-13-33(24)27(36)21(29)14-18-8-3-2-4-9-18/h2-6,8-11,16-17,21,23-24,30H,7,12-15,29H2,1H3,(H,31,35)(H,32,34)(H,37,38). The van der Waals surface area contributed by atoms with Gasteiger partial charge in [-0.25, -0.2) is 4.79 Å². The van der Waals surface area contributed by atoms with Crippen LogP contribution >= 0.6 is 0 Å². The smallest absolute Gasteiger partial charge is 0.326 e. The van der Waals surface area contributed by atoms with E-state index in [1.165, 1.54) is 11.8 Å². The summed E-state index contributed by atoms with van der Waals surface area (Å²) in [5.74, 6) is -2.58. The number of H-pyrrole nitrogens is 1. The van der Waals surface area contributed by atoms with Gasteiger partial charge in [0.1, 0.15) is 18.1 Å². The van der Waals surface area contributed by atoms with Crippen LogP contribution in [0.1, 0.15) is 30.9 Å². The number of carbonyl (C=O) groups excluding carboxylic acids is 3. The second-order valence-electron chi connectivity index (χ2n) is 9.68. The van der Waals surface area contributed by atoms with Gasteiger partial charge in [-0.2, -0.15) is 0 Å². The molecule has 6 N–H and O–H groups in total. The number of amides is 3. The van der Waals surface area contributed by atoms with E-state index < -0.39 is 42.0 Å². The predicted molar refractivity (Wildman–Crippen MR) is 142 cm³/mol. The van der Waals surface area contributed by atoms with E-state index in [2.05, 4.69) is 15.6 Å². The Hall–Kier alpha value is -4.18. The number of nitrogens with one attached hydrogen (secondary N) is 3. The monoisotopic (exact) mass is 519 g/mol. The highest BCUT2D eigenvalue weighted by atomic mass is 16.4. The number of aromatic nitrogens is 1. The van der Waals surface area contributed by atoms with E-state index in [0.29, 0.717) is 25.8 Å². The van der Waals surface area contributed by atoms with Crippen LogP contribution in [0.4, 0.5) is 0 Å². The van der Waals surface area contributed by atoms with Crippen molar-refractivity contribution >= 4 is 34.6 Å². The molecule has 4 rings (SSSR count). The van der Waals surface area contributed by atoms with Gasteiger partial charge >= 0.3 is 5.97 Å². The van der Waals surface area contributed by atoms with Gasteiger partial charge in [0.2, 0.25) is 17.7 Å². The van der Waals surface area contributed by atoms with E-state index in [9.17, 15) is 24.3 Å². The van der Waals surface area contributed by atoms with Crippen LogP contribution in [-0.2, 0) is 32.0 Å². The molecule has 2 aromatic carbocycles. The van der Waals surface area contributed by atoms with Crippen molar-refractivity contribution in [3.8, 4) is 0 Å². The number of carboxylic acids is 1. The van der Waals surface area contributed by atoms with Gasteiger partial charge in [0, 0.05) is 30.1 Å². The Bertz CT molecular complexity index is 1310. The fourth-order valence-electron chi connectivity index (χ4n) is 4.86. The van der Waals surface area contributed by atoms with E-state index in [-0.39, 0.29) is 12.3 Å². The van der Waals surface area contributed by atoms with Crippen LogP contribution in [-0.4, -0.2) is 69.4 Å². The number of hydrogen-bond donors (Lipinski definition) is 5. The van der Waals surface area contributed by atoms with Crippen molar-refractivity contribution in [3.05, 3.63) is 71.9 Å². The molecule has 4 atom stereocenters. The zero-order valence-electron chi connectivity index (χ0n) is 21.2. The van der Waals surface area contributed by atoms with Crippen molar-refractivity contribution in [2.75, 3.05) is 6.54 Å². The van der Waals surface area contributed by atoms with Crippen LogP contribution in [0.5, 0.6) is 0 Å². The lowest BCUT2D eigenvalue weighted by Crippen LogP contribution is -2.56. The Kier molecular flexibility index (Phi) is 8.42. The maximum atomic E-state index is 13.0. The number of rotatable bonds is 10. The normalized spacial score (nSPS) is 17.5. The van der Waals surface area contributed by atoms with Crippen LogP contribution in [0.3, 0.4) is 0 Å². The van der Waals surface area contributed by atoms with Gasteiger partial charge in [-0.1, -0.05) is 48.5 Å². The minimum absolute atomic E-state index is 0.0793. The predicted octanol–water partition coefficient (Wildman–Crippen LogP) is 1.35. The minimum atomic E-state index is -1.18. The van der Waals surface area contributed by atoms with Gasteiger partial charge in [0.15, 0.2) is 0 Å². The molecule has 200 valence electrons. The number of carbonyl (C=O) groups is 4. The molecule has 1 aliphatic rings. The lowest BCUT2D eigenvalue weighted by Gasteiger charge is -2.28. The number of benzene rings is 2. The van der Waals surface area contributed by atoms with E-state index >= 15 is 0 Å². The highest BCUT2D eigenvalue weighted by molar-refractivity contribution is 5.94. The van der Waals surface area contributed by atoms with Crippen molar-refractivity contribution in [2.24, 2.45) is 5.73 Å². The van der Waals surface area contributed by atoms with Crippen LogP contribution in [0.25, 0.3) is 10.9 Å². The minimum Gasteiger partial charge on any atom is -0.480 e. The molecule has 0 bridgehead atoms. The zero-order chi connectivity index (χ0) is 27.2. The molecule has 2 heterocycles. The molecule has 1 aliphatic heterocycles. The number of hydrogen-bond acceptors (Lipinski definition) is 5. The summed E-state index contributed by atoms with van der Waals surface area (Å²) >= 11 is 0. The van der Waals surface area contributed by atoms with E-state index in [1.54, 1.807) is 6.20 Å². The summed E-state index contributed by atoms with van der Waals surface area (Å²) in [6, 6.07) is 13.2. The molecule has 3 amide bonds. The molecule has 0 aliphatic carbocycles. The molecule has 0 saturated carbocycles. The molecule has 10 nitrogen and oxygen atoms in total. The van der Waals surface area contributed by atoms with Crippen LogP contribution < -0.4 is 16.4 Å². The molecule has 4 unspecified atom stereocenters. The van der Waals surface area contributed by atoms with Gasteiger partial charge < -0.3 is 31.4 Å². The summed E-state index contributed by atoms with van der Waals surface area (Å²) in [6.07, 6.45) is 3.27. The number of aromatic amines is 1. The number of nitrogens with two attached hydrogens (primary N) is 1. The molecule has 1 saturated heterocycles. The van der Waals surface area contributed by atoms with Gasteiger partial charge in [-0.3, -0.25) is 14.4 Å². The van der Waals surface area contributed by atoms with Crippen LogP contribution in [0.15, 0.2) is 60.8 Å². The Morgan fingerprint density at radius 3 is 2.50 bits per heavy atom. The molecular formula is C28H33N5O5. The number of nitrogens with zero attached hydrogens (tertiary/aromatic N) is 1. The second kappa shape index (κ2) is 11.9. The zero-order valence-corrected chi connectivity index (χ0v) is 21.2. The molecule has 0 spiro atoms. The average molecular weight is 520 g/mol. The number of para-hydroxylation sites is 1. The molecule has 1 fully saturated rings. The summed E-state index contributed by atoms with van der Waals surface area (Å²) < 4.78 is 0. The third kappa shape index (κ3) is 6.20. The first-order valence-corrected chi connectivity index (χ1v) is 12.7. The molecule has 38 heavy (non-hydrogen) atoms. The first-order valence-electron chi connectivity index (χ1n) is 12.7. The highest BCUT2D eigenvalue weighted by Gasteiger charge is 2.37. The third-order valence-electron chi connectivity index (χ3n) is 6.92. The van der Waals surface area contributed by atoms with Crippen molar-refractivity contribution in [1.29, 1.82) is 0 Å². The van der Waals surface area contributed by atoms with E-state index in [0.717, 1.165) is 22.0 Å². The largest absolute Gasteiger partial charge is 0.480 e. The summed E-state index contributed by atoms with van der Waals surface area (Å²) in [5.41, 5.74) is 8.73. The Morgan fingerprint density at radius 2 is 1.76 bits per heavy atom. The first kappa shape index (κ1) is 26.9. The van der Waals surface area contributed by atoms with Crippen molar-refractivity contribution in [1.82, 2.24) is 20.5 Å². The van der Waals surface area contributed by atoms with E-state index in [1.807, 2.05) is 54.6 Å². The van der Waals surface area contributed by atoms with Gasteiger partial charge in [-0.15, -0.1) is 0 Å². The average Bonchev–Trinajstić information content (AvgIpc) is 3.56. The Balaban J connectivity index is 1.34. The summed E-state index contributed by atoms with van der Waals surface area (Å²) in [4.78, 5) is 55.4. The first-order chi connectivity index (χ1) is 18.2. The SMILES string of the molecule is CC(NC(=O)C1CCCN1C(=O)C(N)Cc1ccccc1)C(=O)NC(Cc1c[nH]c2ccccc12)C(=O)O.